The number of fused-ring (bicyclic) bond motifs is 1. The molecule has 5 rings (SSSR count). The van der Waals surface area contributed by atoms with E-state index >= 15 is 0 Å². The Bertz CT molecular complexity index is 1390. The van der Waals surface area contributed by atoms with Gasteiger partial charge >= 0.3 is 6.18 Å². The summed E-state index contributed by atoms with van der Waals surface area (Å²) in [7, 11) is 1.63. The Kier molecular flexibility index (Phi) is 5.51. The molecule has 0 amide bonds. The first-order valence-corrected chi connectivity index (χ1v) is 10.9. The summed E-state index contributed by atoms with van der Waals surface area (Å²) in [6.45, 7) is 1.58. The molecule has 1 saturated carbocycles. The van der Waals surface area contributed by atoms with Crippen molar-refractivity contribution in [2.24, 2.45) is 0 Å². The second-order valence-corrected chi connectivity index (χ2v) is 8.39. The van der Waals surface area contributed by atoms with Gasteiger partial charge in [0.15, 0.2) is 5.69 Å². The van der Waals surface area contributed by atoms with Crippen molar-refractivity contribution in [3.8, 4) is 22.6 Å². The van der Waals surface area contributed by atoms with Crippen LogP contribution >= 0.6 is 0 Å². The number of hydrogen-bond donors (Lipinski definition) is 1. The maximum atomic E-state index is 13.9. The molecule has 1 aromatic carbocycles. The number of methoxy groups -OCH3 is 1. The van der Waals surface area contributed by atoms with E-state index in [0.717, 1.165) is 30.2 Å². The van der Waals surface area contributed by atoms with Crippen molar-refractivity contribution < 1.29 is 22.3 Å². The van der Waals surface area contributed by atoms with Crippen molar-refractivity contribution in [2.45, 2.75) is 50.8 Å². The van der Waals surface area contributed by atoms with Gasteiger partial charge in [-0.2, -0.15) is 22.8 Å². The topological polar surface area (TPSA) is 98.3 Å². The van der Waals surface area contributed by atoms with Gasteiger partial charge in [0.25, 0.3) is 11.4 Å². The number of halogens is 3. The van der Waals surface area contributed by atoms with Crippen molar-refractivity contribution in [3.05, 3.63) is 58.0 Å². The van der Waals surface area contributed by atoms with Gasteiger partial charge in [0.05, 0.1) is 17.6 Å². The quantitative estimate of drug-likeness (QED) is 0.460. The molecular weight excluding hydrogens is 451 g/mol. The predicted octanol–water partition coefficient (Wildman–Crippen LogP) is 4.74. The summed E-state index contributed by atoms with van der Waals surface area (Å²) in [5.41, 5.74) is -1.62. The predicted molar refractivity (Wildman–Crippen MR) is 116 cm³/mol. The number of nitrogens with one attached hydrogen (secondary N) is 1. The summed E-state index contributed by atoms with van der Waals surface area (Å²) in [5, 5.41) is 11.8. The van der Waals surface area contributed by atoms with Gasteiger partial charge in [-0.3, -0.25) is 4.79 Å². The summed E-state index contributed by atoms with van der Waals surface area (Å²) < 4.78 is 53.7. The molecule has 2 unspecified atom stereocenters. The minimum atomic E-state index is -4.76. The minimum Gasteiger partial charge on any atom is -0.420 e. The largest absolute Gasteiger partial charge is 0.435 e. The van der Waals surface area contributed by atoms with Gasteiger partial charge in [0, 0.05) is 12.8 Å². The Morgan fingerprint density at radius 3 is 2.56 bits per heavy atom. The first kappa shape index (κ1) is 22.3. The fourth-order valence-corrected chi connectivity index (χ4v) is 4.66. The van der Waals surface area contributed by atoms with Gasteiger partial charge in [0.2, 0.25) is 5.89 Å². The van der Waals surface area contributed by atoms with Crippen molar-refractivity contribution in [1.29, 1.82) is 0 Å². The maximum Gasteiger partial charge on any atom is 0.435 e. The average molecular weight is 473 g/mol. The zero-order chi connectivity index (χ0) is 24.0. The highest BCUT2D eigenvalue weighted by atomic mass is 19.4. The molecule has 0 saturated heterocycles. The van der Waals surface area contributed by atoms with Crippen LogP contribution in [0.2, 0.25) is 0 Å². The Hall–Kier alpha value is -3.47. The van der Waals surface area contributed by atoms with E-state index in [4.69, 9.17) is 9.15 Å². The number of nitrogens with zero attached hydrogens (tertiary/aromatic N) is 4. The number of aryl methyl sites for hydroxylation is 1. The van der Waals surface area contributed by atoms with Crippen LogP contribution in [0.4, 0.5) is 13.2 Å². The Balaban J connectivity index is 1.67. The smallest absolute Gasteiger partial charge is 0.420 e. The third-order valence-corrected chi connectivity index (χ3v) is 6.28. The van der Waals surface area contributed by atoms with E-state index in [1.165, 1.54) is 12.1 Å². The molecule has 0 spiro atoms. The first-order valence-electron chi connectivity index (χ1n) is 10.9. The van der Waals surface area contributed by atoms with Crippen molar-refractivity contribution in [3.63, 3.8) is 0 Å². The van der Waals surface area contributed by atoms with Crippen LogP contribution in [0.25, 0.3) is 28.2 Å². The molecule has 1 fully saturated rings. The monoisotopic (exact) mass is 473 g/mol. The van der Waals surface area contributed by atoms with E-state index in [-0.39, 0.29) is 40.3 Å². The Morgan fingerprint density at radius 1 is 1.12 bits per heavy atom. The summed E-state index contributed by atoms with van der Waals surface area (Å²) in [5.74, 6) is 0.178. The third-order valence-electron chi connectivity index (χ3n) is 6.28. The molecular formula is C23H22F3N5O3. The lowest BCUT2D eigenvalue weighted by Gasteiger charge is -2.27. The van der Waals surface area contributed by atoms with E-state index in [9.17, 15) is 18.0 Å². The molecule has 3 heterocycles. The number of alkyl halides is 3. The van der Waals surface area contributed by atoms with Crippen LogP contribution in [0.15, 0.2) is 39.5 Å². The number of aromatic nitrogens is 5. The number of H-pyrrole nitrogens is 1. The van der Waals surface area contributed by atoms with E-state index in [1.807, 2.05) is 0 Å². The Labute approximate surface area is 191 Å². The van der Waals surface area contributed by atoms with Crippen LogP contribution in [-0.4, -0.2) is 38.0 Å². The van der Waals surface area contributed by atoms with Gasteiger partial charge in [-0.15, -0.1) is 10.2 Å². The maximum absolute atomic E-state index is 13.9. The second kappa shape index (κ2) is 8.39. The van der Waals surface area contributed by atoms with Crippen molar-refractivity contribution in [1.82, 2.24) is 24.8 Å². The summed E-state index contributed by atoms with van der Waals surface area (Å²) in [4.78, 5) is 16.3. The SMILES string of the molecule is COC1CCCCC1c1nnc(-c2c(C)[nH]c3c(-c4ccccc4)c(C(F)(F)F)nn3c2=O)o1. The number of aromatic amines is 1. The lowest BCUT2D eigenvalue weighted by Crippen LogP contribution is -2.25. The number of rotatable bonds is 4. The molecule has 0 aliphatic heterocycles. The normalized spacial score (nSPS) is 19.1. The second-order valence-electron chi connectivity index (χ2n) is 8.39. The summed E-state index contributed by atoms with van der Waals surface area (Å²) in [6, 6.07) is 8.01. The molecule has 8 nitrogen and oxygen atoms in total. The minimum absolute atomic E-state index is 0.0214. The Morgan fingerprint density at radius 2 is 1.85 bits per heavy atom. The van der Waals surface area contributed by atoms with Crippen LogP contribution in [0.1, 0.15) is 48.9 Å². The lowest BCUT2D eigenvalue weighted by molar-refractivity contribution is -0.140. The standard InChI is InChI=1S/C23H22F3N5O3/c1-12-16(21-29-28-20(34-21)14-10-6-7-11-15(14)33-2)22(32)31-19(27-12)17(13-8-4-3-5-9-13)18(30-31)23(24,25)26/h3-5,8-9,14-15,27H,6-7,10-11H2,1-2H3. The molecule has 0 bridgehead atoms. The molecule has 34 heavy (non-hydrogen) atoms. The number of benzene rings is 1. The lowest BCUT2D eigenvalue weighted by atomic mass is 9.86. The van der Waals surface area contributed by atoms with Crippen molar-refractivity contribution in [2.75, 3.05) is 7.11 Å². The molecule has 3 aromatic heterocycles. The van der Waals surface area contributed by atoms with Crippen LogP contribution in [0, 0.1) is 6.92 Å². The fraction of sp³-hybridized carbons (Fsp3) is 0.391. The van der Waals surface area contributed by atoms with Crippen LogP contribution in [0.5, 0.6) is 0 Å². The van der Waals surface area contributed by atoms with Gasteiger partial charge in [-0.05, 0) is 25.3 Å². The van der Waals surface area contributed by atoms with Gasteiger partial charge < -0.3 is 14.1 Å². The summed E-state index contributed by atoms with van der Waals surface area (Å²) in [6.07, 6.45) is -1.14. The highest BCUT2D eigenvalue weighted by molar-refractivity contribution is 5.81. The molecule has 1 aliphatic rings. The molecule has 1 N–H and O–H groups in total. The molecule has 11 heteroatoms. The molecule has 4 aromatic rings. The van der Waals surface area contributed by atoms with Crippen LogP contribution in [0.3, 0.4) is 0 Å². The van der Waals surface area contributed by atoms with E-state index in [2.05, 4.69) is 20.3 Å². The highest BCUT2D eigenvalue weighted by Crippen LogP contribution is 2.39. The molecule has 0 radical (unpaired) electrons. The zero-order valence-corrected chi connectivity index (χ0v) is 18.5. The zero-order valence-electron chi connectivity index (χ0n) is 18.5. The van der Waals surface area contributed by atoms with Crippen molar-refractivity contribution >= 4 is 5.65 Å². The highest BCUT2D eigenvalue weighted by Gasteiger charge is 2.40. The van der Waals surface area contributed by atoms with Crippen LogP contribution < -0.4 is 5.56 Å². The first-order chi connectivity index (χ1) is 16.3. The molecule has 1 aliphatic carbocycles. The number of ether oxygens (including phenoxy) is 1. The van der Waals surface area contributed by atoms with Gasteiger partial charge in [-0.25, -0.2) is 0 Å². The fourth-order valence-electron chi connectivity index (χ4n) is 4.66. The average Bonchev–Trinajstić information content (AvgIpc) is 3.45. The van der Waals surface area contributed by atoms with E-state index in [1.54, 1.807) is 32.2 Å². The van der Waals surface area contributed by atoms with E-state index < -0.39 is 17.4 Å². The van der Waals surface area contributed by atoms with Gasteiger partial charge in [-0.1, -0.05) is 43.2 Å². The van der Waals surface area contributed by atoms with E-state index in [0.29, 0.717) is 11.6 Å². The van der Waals surface area contributed by atoms with Crippen LogP contribution in [-0.2, 0) is 10.9 Å². The van der Waals surface area contributed by atoms with Gasteiger partial charge in [0.1, 0.15) is 11.2 Å². The molecule has 2 atom stereocenters. The third kappa shape index (κ3) is 3.69. The number of hydrogen-bond acceptors (Lipinski definition) is 6. The molecule has 178 valence electrons. The summed E-state index contributed by atoms with van der Waals surface area (Å²) >= 11 is 0.